The molecule has 134 heavy (non-hydrogen) atoms. The lowest BCUT2D eigenvalue weighted by atomic mass is 10.0. The second-order valence-corrected chi connectivity index (χ2v) is 34.5. The summed E-state index contributed by atoms with van der Waals surface area (Å²) in [6, 6.07) is 48.9. The van der Waals surface area contributed by atoms with E-state index in [0.717, 1.165) is 235 Å². The summed E-state index contributed by atoms with van der Waals surface area (Å²) in [5.41, 5.74) is 25.7. The predicted molar refractivity (Wildman–Crippen MR) is 525 cm³/mol. The van der Waals surface area contributed by atoms with E-state index in [1.54, 1.807) is 49.6 Å². The summed E-state index contributed by atoms with van der Waals surface area (Å²) in [6.07, 6.45) is 26.2. The number of aromatic amines is 4. The number of hydrogen-bond acceptors (Lipinski definition) is 26. The Morgan fingerprint density at radius 3 is 1.04 bits per heavy atom. The Hall–Kier alpha value is -15.0. The Labute approximate surface area is 775 Å². The summed E-state index contributed by atoms with van der Waals surface area (Å²) in [5, 5.41) is 43.5. The Morgan fingerprint density at radius 1 is 0.343 bits per heavy atom. The van der Waals surface area contributed by atoms with Crippen molar-refractivity contribution in [2.45, 2.75) is 51.9 Å². The smallest absolute Gasteiger partial charge is 0.276 e. The number of benzene rings is 4. The van der Waals surface area contributed by atoms with Gasteiger partial charge in [-0.3, -0.25) is 89.1 Å². The molecule has 0 unspecified atom stereocenters. The molecule has 0 radical (unpaired) electrons. The highest BCUT2D eigenvalue weighted by Crippen LogP contribution is 2.33. The van der Waals surface area contributed by atoms with Crippen LogP contribution in [0.5, 0.6) is 0 Å². The van der Waals surface area contributed by atoms with Crippen molar-refractivity contribution in [1.82, 2.24) is 110 Å². The van der Waals surface area contributed by atoms with E-state index >= 15 is 0 Å². The van der Waals surface area contributed by atoms with Gasteiger partial charge in [0.2, 0.25) is 0 Å². The maximum absolute atomic E-state index is 13.1. The fourth-order valence-electron chi connectivity index (χ4n) is 16.1. The molecule has 0 aliphatic carbocycles. The number of nitrogen functional groups attached to an aromatic ring is 1. The standard InChI is InChI=1S/C27H29N7O2.C27H29N7O.C23H26N8O.C23H25N7O/c35-27(30-22-3-4-23(29-16-22)18-33-6-1-7-33)26-24-13-20(2-5-25(24)31-32-26)21-12-19(14-28-15-21)17-34-8-10-36-11-9-34;35-27(30-22-5-6-23(29-16-22)18-34-10-3-11-34)26-24-13-20(4-7-25(24)31-32-26)21-12-19(14-28-15-21)17-33-8-1-2-9-33;1-30(2)8-9-31(3)21-7-5-18(14-26-21)27-23(32)22-19-11-15(4-6-20(19)28-29-22)16-10-17(24)13-25-12-16;1-29(2)11-12-30(3)21-9-7-18(15-25-21)26-23(31)22-19-13-16(6-8-20(19)27-28-22)17-5-4-10-24-14-17/h2-5,12-16H,1,6-11,17-18H2,(H,30,35)(H,31,32);4-7,12-16H,1-3,8-11,17-18H2,(H,30,35)(H,31,32);4-7,10-14H,8-9,24H2,1-3H3,(H,27,32)(H,28,29);4-10,13-15H,11-12H2,1-3H3,(H,26,31)(H,27,28). The van der Waals surface area contributed by atoms with E-state index in [0.29, 0.717) is 51.2 Å². The molecule has 34 heteroatoms. The Bertz CT molecular complexity index is 6710. The van der Waals surface area contributed by atoms with E-state index < -0.39 is 0 Å². The lowest BCUT2D eigenvalue weighted by molar-refractivity contribution is 0.0341. The van der Waals surface area contributed by atoms with Gasteiger partial charge < -0.3 is 51.3 Å². The number of ether oxygens (including phenoxy) is 1. The van der Waals surface area contributed by atoms with Crippen molar-refractivity contribution in [1.29, 1.82) is 0 Å². The highest BCUT2D eigenvalue weighted by molar-refractivity contribution is 6.14. The van der Waals surface area contributed by atoms with Crippen LogP contribution in [-0.2, 0) is 30.9 Å². The number of fused-ring (bicyclic) bond motifs is 4. The highest BCUT2D eigenvalue weighted by atomic mass is 16.5. The van der Waals surface area contributed by atoms with Crippen LogP contribution in [0.2, 0.25) is 0 Å². The highest BCUT2D eigenvalue weighted by Gasteiger charge is 2.25. The van der Waals surface area contributed by atoms with Gasteiger partial charge in [-0.25, -0.2) is 9.97 Å². The number of aromatic nitrogens is 16. The van der Waals surface area contributed by atoms with Crippen LogP contribution < -0.4 is 36.8 Å². The van der Waals surface area contributed by atoms with Gasteiger partial charge in [-0.2, -0.15) is 20.4 Å². The van der Waals surface area contributed by atoms with Crippen molar-refractivity contribution >= 4 is 107 Å². The number of carbonyl (C=O) groups is 4. The van der Waals surface area contributed by atoms with Gasteiger partial charge in [0.05, 0.1) is 99.9 Å². The van der Waals surface area contributed by atoms with E-state index in [1.165, 1.54) is 31.2 Å². The number of rotatable bonds is 28. The molecule has 0 spiro atoms. The van der Waals surface area contributed by atoms with Crippen LogP contribution in [0.4, 0.5) is 40.1 Å². The fraction of sp³-hybridized carbons (Fsp3) is 0.280. The number of amides is 4. The summed E-state index contributed by atoms with van der Waals surface area (Å²) < 4.78 is 5.45. The molecule has 4 aliphatic rings. The van der Waals surface area contributed by atoms with Crippen LogP contribution in [0.15, 0.2) is 226 Å². The average molecular weight is 1800 g/mol. The molecular formula is C100H109N29O5. The van der Waals surface area contributed by atoms with Gasteiger partial charge in [0.25, 0.3) is 23.6 Å². The van der Waals surface area contributed by atoms with Crippen LogP contribution in [0.3, 0.4) is 0 Å². The molecule has 34 nitrogen and oxygen atoms in total. The zero-order valence-corrected chi connectivity index (χ0v) is 76.0. The maximum Gasteiger partial charge on any atom is 0.276 e. The lowest BCUT2D eigenvalue weighted by Gasteiger charge is -2.30. The number of nitrogens with one attached hydrogen (secondary N) is 8. The predicted octanol–water partition coefficient (Wildman–Crippen LogP) is 13.5. The molecular weight excluding hydrogens is 1690 g/mol. The van der Waals surface area contributed by atoms with Gasteiger partial charge >= 0.3 is 0 Å². The third-order valence-corrected chi connectivity index (χ3v) is 24.0. The van der Waals surface area contributed by atoms with Crippen molar-refractivity contribution in [3.63, 3.8) is 0 Å². The van der Waals surface area contributed by atoms with Gasteiger partial charge in [-0.15, -0.1) is 0 Å². The molecule has 16 aromatic rings. The minimum Gasteiger partial charge on any atom is -0.397 e. The van der Waals surface area contributed by atoms with Gasteiger partial charge in [-0.05, 0) is 248 Å². The Kier molecular flexibility index (Phi) is 29.1. The number of morpholine rings is 1. The molecule has 12 aromatic heterocycles. The first-order valence-electron chi connectivity index (χ1n) is 45.0. The van der Waals surface area contributed by atoms with Crippen molar-refractivity contribution < 1.29 is 23.9 Å². The number of nitrogens with zero attached hydrogens (tertiary/aromatic N) is 20. The number of hydrogen-bond donors (Lipinski definition) is 9. The van der Waals surface area contributed by atoms with Crippen molar-refractivity contribution in [3.05, 3.63) is 271 Å². The molecule has 0 atom stereocenters. The molecule has 4 aromatic carbocycles. The third kappa shape index (κ3) is 23.3. The normalized spacial score (nSPS) is 14.0. The molecule has 684 valence electrons. The van der Waals surface area contributed by atoms with Crippen molar-refractivity contribution in [3.8, 4) is 44.5 Å². The summed E-state index contributed by atoms with van der Waals surface area (Å²) in [4.78, 5) is 105. The number of nitrogens with two attached hydrogens (primary N) is 1. The largest absolute Gasteiger partial charge is 0.397 e. The summed E-state index contributed by atoms with van der Waals surface area (Å²) in [6.45, 7) is 17.3. The second-order valence-electron chi connectivity index (χ2n) is 34.5. The Morgan fingerprint density at radius 2 is 0.694 bits per heavy atom. The first-order chi connectivity index (χ1) is 65.3. The molecule has 0 bridgehead atoms. The van der Waals surface area contributed by atoms with Crippen LogP contribution in [-0.4, -0.2) is 268 Å². The quantitative estimate of drug-likeness (QED) is 0.0220. The second kappa shape index (κ2) is 42.9. The van der Waals surface area contributed by atoms with E-state index in [-0.39, 0.29) is 23.6 Å². The minimum atomic E-state index is -0.311. The summed E-state index contributed by atoms with van der Waals surface area (Å²) in [7, 11) is 12.1. The summed E-state index contributed by atoms with van der Waals surface area (Å²) in [5.74, 6) is 0.572. The minimum absolute atomic E-state index is 0.258. The SMILES string of the molecule is CN(C)CCN(C)c1ccc(NC(=O)c2n[nH]c3ccc(-c4cccnc4)cc23)cn1.CN(C)CCN(C)c1ccc(NC(=O)c2n[nH]c3ccc(-c4cncc(N)c4)cc23)cn1.O=C(Nc1ccc(CN2CCC2)nc1)c1n[nH]c2ccc(-c3cncc(CN4CCCC4)c3)cc12.O=C(Nc1ccc(CN2CCC2)nc1)c1n[nH]c2ccc(-c3cncc(CN4CCOCC4)c3)cc12. The van der Waals surface area contributed by atoms with Crippen molar-refractivity contribution in [2.75, 3.05) is 171 Å². The third-order valence-electron chi connectivity index (χ3n) is 24.0. The molecule has 4 aliphatic heterocycles. The van der Waals surface area contributed by atoms with E-state index in [2.05, 4.69) is 153 Å². The average Bonchev–Trinajstić information content (AvgIpc) is 1.66. The van der Waals surface area contributed by atoms with E-state index in [4.69, 9.17) is 10.5 Å². The molecule has 4 saturated heterocycles. The number of likely N-dealkylation sites (tertiary alicyclic amines) is 3. The fourth-order valence-corrected chi connectivity index (χ4v) is 16.1. The monoisotopic (exact) mass is 1800 g/mol. The van der Waals surface area contributed by atoms with Gasteiger partial charge in [-0.1, -0.05) is 30.3 Å². The molecule has 16 heterocycles. The Balaban J connectivity index is 0.000000125. The number of likely N-dealkylation sites (N-methyl/N-ethyl adjacent to an activating group) is 4. The molecule has 20 rings (SSSR count). The van der Waals surface area contributed by atoms with Crippen LogP contribution in [0.1, 0.15) is 90.2 Å². The molecule has 4 amide bonds. The molecule has 0 saturated carbocycles. The first kappa shape index (κ1) is 90.9. The van der Waals surface area contributed by atoms with Crippen molar-refractivity contribution in [2.24, 2.45) is 0 Å². The maximum atomic E-state index is 13.1. The number of carbonyl (C=O) groups excluding carboxylic acids is 4. The van der Waals surface area contributed by atoms with Gasteiger partial charge in [0.1, 0.15) is 11.6 Å². The lowest BCUT2D eigenvalue weighted by Crippen LogP contribution is -2.36. The van der Waals surface area contributed by atoms with Gasteiger partial charge in [0.15, 0.2) is 22.8 Å². The number of H-pyrrole nitrogens is 4. The molecule has 4 fully saturated rings. The van der Waals surface area contributed by atoms with E-state index in [9.17, 15) is 19.2 Å². The van der Waals surface area contributed by atoms with Crippen LogP contribution in [0, 0.1) is 0 Å². The number of pyridine rings is 8. The van der Waals surface area contributed by atoms with E-state index in [1.807, 2.05) is 207 Å². The zero-order chi connectivity index (χ0) is 92.4. The van der Waals surface area contributed by atoms with Crippen LogP contribution in [0.25, 0.3) is 88.1 Å². The summed E-state index contributed by atoms with van der Waals surface area (Å²) >= 11 is 0. The molecule has 10 N–H and O–H groups in total. The van der Waals surface area contributed by atoms with Gasteiger partial charge in [0, 0.05) is 173 Å². The number of anilines is 7. The van der Waals surface area contributed by atoms with Crippen LogP contribution >= 0.6 is 0 Å². The zero-order valence-electron chi connectivity index (χ0n) is 76.0. The first-order valence-corrected chi connectivity index (χ1v) is 45.0. The topological polar surface area (TPSA) is 395 Å².